The van der Waals surface area contributed by atoms with Crippen LogP contribution in [0, 0.1) is 0 Å². The lowest BCUT2D eigenvalue weighted by molar-refractivity contribution is 0.669. The number of para-hydroxylation sites is 3. The van der Waals surface area contributed by atoms with Crippen LogP contribution in [0.3, 0.4) is 0 Å². The highest BCUT2D eigenvalue weighted by atomic mass is 32.1. The van der Waals surface area contributed by atoms with Gasteiger partial charge in [-0.15, -0.1) is 22.7 Å². The van der Waals surface area contributed by atoms with Crippen molar-refractivity contribution >= 4 is 141 Å². The number of aromatic nitrogens is 1. The number of furan rings is 1. The van der Waals surface area contributed by atoms with Gasteiger partial charge < -0.3 is 18.8 Å². The Labute approximate surface area is 785 Å². The molecule has 0 N–H and O–H groups in total. The molecule has 0 atom stereocenters. The second kappa shape index (κ2) is 32.1. The fourth-order valence-electron chi connectivity index (χ4n) is 22.1. The van der Waals surface area contributed by atoms with E-state index in [0.29, 0.717) is 0 Å². The number of anilines is 6. The Morgan fingerprint density at radius 3 is 0.993 bits per heavy atom. The van der Waals surface area contributed by atoms with E-state index in [2.05, 4.69) is 506 Å². The first kappa shape index (κ1) is 78.3. The topological polar surface area (TPSA) is 24.6 Å². The lowest BCUT2D eigenvalue weighted by Crippen LogP contribution is -2.28. The summed E-state index contributed by atoms with van der Waals surface area (Å²) in [6.07, 6.45) is 0. The predicted octanol–water partition coefficient (Wildman–Crippen LogP) is 35.4. The van der Waals surface area contributed by atoms with E-state index in [9.17, 15) is 0 Å². The molecule has 0 fully saturated rings. The lowest BCUT2D eigenvalue weighted by Gasteiger charge is -2.34. The van der Waals surface area contributed by atoms with Crippen molar-refractivity contribution < 1.29 is 4.42 Å². The standard InChI is InChI=1S/C67H43NOS.C61H40N2S/c1-3-14-50(15-4-1)67(51-16-5-2-6-17-51)59-21-10-7-20-57(59)66-60(67)22-13-23-61(66)68(53-38-32-47(33-39-53)49-34-40-56-55-19-9-12-25-64(55)70-65(56)43-49)52-36-30-45(31-37-52)44-26-28-46(29-27-44)48-35-41-63-58(42-48)54-18-8-11-24-62(54)69-63;1-3-17-43(18-4-1)61(44-19-5-2-6-20-44)53-27-11-7-26-52(53)60-54(61)28-16-31-57(60)62(45-36-33-41(34-37-45)42-35-38-51-50-25-10-14-32-58(50)64-59(51)39-42)46-21-15-22-47(40-46)63-55-29-12-8-23-48(55)49-24-9-13-30-56(49)63/h1-43H;1-40H. The van der Waals surface area contributed by atoms with Gasteiger partial charge in [0.1, 0.15) is 11.2 Å². The molecule has 0 aliphatic heterocycles. The van der Waals surface area contributed by atoms with Gasteiger partial charge in [-0.05, 0) is 221 Å². The molecule has 4 nitrogen and oxygen atoms in total. The molecule has 4 aromatic heterocycles. The number of rotatable bonds is 15. The Kier molecular flexibility index (Phi) is 18.8. The molecule has 0 saturated carbocycles. The Hall–Kier alpha value is -16.7. The van der Waals surface area contributed by atoms with Crippen LogP contribution in [0.25, 0.3) is 157 Å². The van der Waals surface area contributed by atoms with Crippen molar-refractivity contribution in [3.63, 3.8) is 0 Å². The Balaban J connectivity index is 0.000000140. The second-order valence-electron chi connectivity index (χ2n) is 35.2. The summed E-state index contributed by atoms with van der Waals surface area (Å²) in [6, 6.07) is 185. The van der Waals surface area contributed by atoms with E-state index in [4.69, 9.17) is 4.42 Å². The zero-order valence-electron chi connectivity index (χ0n) is 73.0. The number of fused-ring (bicyclic) bond motifs is 18. The molecule has 25 aromatic rings. The number of hydrogen-bond acceptors (Lipinski definition) is 5. The first-order valence-electron chi connectivity index (χ1n) is 46.0. The molecule has 0 radical (unpaired) electrons. The van der Waals surface area contributed by atoms with Crippen LogP contribution in [0.1, 0.15) is 44.5 Å². The first-order chi connectivity index (χ1) is 66.4. The number of thiophene rings is 2. The monoisotopic (exact) mass is 1740 g/mol. The van der Waals surface area contributed by atoms with Gasteiger partial charge >= 0.3 is 0 Å². The molecule has 4 heterocycles. The van der Waals surface area contributed by atoms with Crippen molar-refractivity contribution in [1.82, 2.24) is 4.57 Å². The van der Waals surface area contributed by atoms with Gasteiger partial charge in [-0.25, -0.2) is 0 Å². The molecule has 0 amide bonds. The maximum atomic E-state index is 6.13. The van der Waals surface area contributed by atoms with Crippen LogP contribution in [0.4, 0.5) is 34.1 Å². The molecule has 0 saturated heterocycles. The summed E-state index contributed by atoms with van der Waals surface area (Å²) < 4.78 is 13.8. The number of benzene rings is 21. The Morgan fingerprint density at radius 1 is 0.201 bits per heavy atom. The van der Waals surface area contributed by atoms with Crippen molar-refractivity contribution in [3.8, 4) is 72.4 Å². The largest absolute Gasteiger partial charge is 0.456 e. The summed E-state index contributed by atoms with van der Waals surface area (Å²) in [6.45, 7) is 0. The van der Waals surface area contributed by atoms with E-state index < -0.39 is 10.8 Å². The van der Waals surface area contributed by atoms with E-state index in [1.54, 1.807) is 0 Å². The first-order valence-corrected chi connectivity index (χ1v) is 47.6. The molecule has 2 aliphatic rings. The van der Waals surface area contributed by atoms with Crippen LogP contribution >= 0.6 is 22.7 Å². The van der Waals surface area contributed by atoms with Gasteiger partial charge in [0.25, 0.3) is 0 Å². The smallest absolute Gasteiger partial charge is 0.135 e. The van der Waals surface area contributed by atoms with Crippen molar-refractivity contribution in [3.05, 3.63) is 548 Å². The highest BCUT2D eigenvalue weighted by molar-refractivity contribution is 7.26. The third-order valence-electron chi connectivity index (χ3n) is 28.1. The Morgan fingerprint density at radius 2 is 0.530 bits per heavy atom. The highest BCUT2D eigenvalue weighted by Gasteiger charge is 2.49. The average molecular weight is 1740 g/mol. The van der Waals surface area contributed by atoms with E-state index in [1.165, 1.54) is 168 Å². The number of hydrogen-bond donors (Lipinski definition) is 0. The molecular weight excluding hydrogens is 1660 g/mol. The third-order valence-corrected chi connectivity index (χ3v) is 30.3. The maximum Gasteiger partial charge on any atom is 0.135 e. The van der Waals surface area contributed by atoms with Crippen LogP contribution in [-0.2, 0) is 10.8 Å². The van der Waals surface area contributed by atoms with Crippen molar-refractivity contribution in [2.45, 2.75) is 10.8 Å². The van der Waals surface area contributed by atoms with Crippen LogP contribution in [0.5, 0.6) is 0 Å². The highest BCUT2D eigenvalue weighted by Crippen LogP contribution is 2.62. The molecule has 21 aromatic carbocycles. The predicted molar refractivity (Wildman–Crippen MR) is 566 cm³/mol. The molecule has 134 heavy (non-hydrogen) atoms. The fourth-order valence-corrected chi connectivity index (χ4v) is 24.4. The van der Waals surface area contributed by atoms with Gasteiger partial charge in [0.05, 0.1) is 33.2 Å². The van der Waals surface area contributed by atoms with Crippen molar-refractivity contribution in [2.24, 2.45) is 0 Å². The minimum atomic E-state index is -0.518. The molecule has 0 bridgehead atoms. The van der Waals surface area contributed by atoms with E-state index >= 15 is 0 Å². The SMILES string of the molecule is c1ccc(C2(c3ccccc3)c3ccccc3-c3c(N(c4ccc(-c5ccc(-c6ccc7oc8ccccc8c7c6)cc5)cc4)c4ccc(-c5ccc6c(c5)sc5ccccc56)cc4)cccc32)cc1.c1ccc(C2(c3ccccc3)c3ccccc3-c3c(N(c4ccc(-c5ccc6c(c5)sc5ccccc56)cc4)c4cccc(-n5c6ccccc6c6ccccc65)c4)cccc32)cc1. The third kappa shape index (κ3) is 12.6. The summed E-state index contributed by atoms with van der Waals surface area (Å²) in [5.74, 6) is 0. The quantitative estimate of drug-likeness (QED) is 0.102. The summed E-state index contributed by atoms with van der Waals surface area (Å²) in [7, 11) is 0. The van der Waals surface area contributed by atoms with Gasteiger partial charge in [-0.3, -0.25) is 0 Å². The van der Waals surface area contributed by atoms with Gasteiger partial charge in [-0.1, -0.05) is 382 Å². The minimum absolute atomic E-state index is 0.515. The molecule has 0 spiro atoms. The van der Waals surface area contributed by atoms with Crippen LogP contribution < -0.4 is 9.80 Å². The Bertz CT molecular complexity index is 8730. The van der Waals surface area contributed by atoms with E-state index in [1.807, 2.05) is 34.8 Å². The van der Waals surface area contributed by atoms with Crippen LogP contribution in [-0.4, -0.2) is 4.57 Å². The summed E-state index contributed by atoms with van der Waals surface area (Å²) in [4.78, 5) is 4.95. The van der Waals surface area contributed by atoms with Crippen molar-refractivity contribution in [2.75, 3.05) is 9.80 Å². The molecular formula is C128H83N3OS2. The van der Waals surface area contributed by atoms with Gasteiger partial charge in [-0.2, -0.15) is 0 Å². The fraction of sp³-hybridized carbons (Fsp3) is 0.0156. The van der Waals surface area contributed by atoms with Gasteiger partial charge in [0.2, 0.25) is 0 Å². The van der Waals surface area contributed by atoms with E-state index in [-0.39, 0.29) is 0 Å². The second-order valence-corrected chi connectivity index (χ2v) is 37.3. The molecule has 628 valence electrons. The number of nitrogens with zero attached hydrogens (tertiary/aromatic N) is 3. The maximum absolute atomic E-state index is 6.13. The summed E-state index contributed by atoms with van der Waals surface area (Å²) in [5, 5.41) is 10.1. The average Bonchev–Trinajstić information content (AvgIpc) is 1.53. The summed E-state index contributed by atoms with van der Waals surface area (Å²) in [5.41, 5.74) is 35.5. The molecule has 6 heteroatoms. The summed E-state index contributed by atoms with van der Waals surface area (Å²) >= 11 is 3.73. The zero-order valence-corrected chi connectivity index (χ0v) is 74.6. The molecule has 2 aliphatic carbocycles. The van der Waals surface area contributed by atoms with Crippen LogP contribution in [0.2, 0.25) is 0 Å². The molecule has 27 rings (SSSR count). The zero-order chi connectivity index (χ0) is 88.4. The van der Waals surface area contributed by atoms with Gasteiger partial charge in [0.15, 0.2) is 0 Å². The van der Waals surface area contributed by atoms with Gasteiger partial charge in [0, 0.05) is 101 Å². The molecule has 0 unspecified atom stereocenters. The van der Waals surface area contributed by atoms with E-state index in [0.717, 1.165) is 67.3 Å². The minimum Gasteiger partial charge on any atom is -0.456 e. The normalized spacial score (nSPS) is 12.7. The lowest BCUT2D eigenvalue weighted by atomic mass is 9.68. The van der Waals surface area contributed by atoms with Crippen LogP contribution in [0.15, 0.2) is 508 Å². The van der Waals surface area contributed by atoms with Crippen molar-refractivity contribution in [1.29, 1.82) is 0 Å².